The molecule has 0 aliphatic rings. The van der Waals surface area contributed by atoms with Crippen LogP contribution in [0.15, 0.2) is 42.5 Å². The van der Waals surface area contributed by atoms with Crippen LogP contribution in [0.4, 0.5) is 11.6 Å². The Morgan fingerprint density at radius 2 is 1.59 bits per heavy atom. The minimum atomic E-state index is -0.261. The van der Waals surface area contributed by atoms with E-state index in [-0.39, 0.29) is 17.8 Å². The highest BCUT2D eigenvalue weighted by Crippen LogP contribution is 2.30. The fourth-order valence-electron chi connectivity index (χ4n) is 2.77. The maximum Gasteiger partial charge on any atom is 0.233 e. The standard InChI is InChI=1S/C21H22N4O4/c1-13(26)22-17-7-4-15(5-8-17)16-6-9-19-18(12-16)20(29-11-10-28-3)25-21(24-19)23-14(2)27/h4-9,12H,10-11H2,1-3H3,(H,22,26)(H,23,24,25,27). The highest BCUT2D eigenvalue weighted by Gasteiger charge is 2.12. The zero-order valence-corrected chi connectivity index (χ0v) is 16.5. The van der Waals surface area contributed by atoms with Crippen molar-refractivity contribution in [3.8, 4) is 17.0 Å². The van der Waals surface area contributed by atoms with Gasteiger partial charge in [0.2, 0.25) is 23.6 Å². The zero-order valence-electron chi connectivity index (χ0n) is 16.5. The third kappa shape index (κ3) is 5.26. The molecule has 3 rings (SSSR count). The van der Waals surface area contributed by atoms with E-state index in [4.69, 9.17) is 9.47 Å². The summed E-state index contributed by atoms with van der Waals surface area (Å²) in [6, 6.07) is 13.2. The summed E-state index contributed by atoms with van der Waals surface area (Å²) in [6.45, 7) is 3.59. The van der Waals surface area contributed by atoms with Crippen LogP contribution in [0.25, 0.3) is 22.0 Å². The molecule has 3 aromatic rings. The molecule has 0 saturated heterocycles. The molecule has 0 aliphatic carbocycles. The average Bonchev–Trinajstić information content (AvgIpc) is 2.67. The van der Waals surface area contributed by atoms with Gasteiger partial charge in [-0.05, 0) is 35.4 Å². The number of benzene rings is 2. The number of aromatic nitrogens is 2. The molecule has 1 heterocycles. The van der Waals surface area contributed by atoms with E-state index in [2.05, 4.69) is 20.6 Å². The topological polar surface area (TPSA) is 102 Å². The first-order chi connectivity index (χ1) is 14.0. The van der Waals surface area contributed by atoms with E-state index >= 15 is 0 Å². The molecule has 8 heteroatoms. The van der Waals surface area contributed by atoms with Crippen LogP contribution in [0.2, 0.25) is 0 Å². The summed E-state index contributed by atoms with van der Waals surface area (Å²) in [4.78, 5) is 31.3. The van der Waals surface area contributed by atoms with E-state index in [1.807, 2.05) is 42.5 Å². The van der Waals surface area contributed by atoms with Crippen LogP contribution in [0, 0.1) is 0 Å². The fourth-order valence-corrected chi connectivity index (χ4v) is 2.77. The molecule has 8 nitrogen and oxygen atoms in total. The van der Waals surface area contributed by atoms with Gasteiger partial charge in [-0.15, -0.1) is 0 Å². The van der Waals surface area contributed by atoms with E-state index in [1.165, 1.54) is 13.8 Å². The molecule has 0 spiro atoms. The number of fused-ring (bicyclic) bond motifs is 1. The molecule has 0 atom stereocenters. The Morgan fingerprint density at radius 3 is 2.24 bits per heavy atom. The van der Waals surface area contributed by atoms with Crippen molar-refractivity contribution in [3.05, 3.63) is 42.5 Å². The molecule has 0 fully saturated rings. The number of ether oxygens (including phenoxy) is 2. The van der Waals surface area contributed by atoms with Gasteiger partial charge in [-0.3, -0.25) is 14.9 Å². The number of rotatable bonds is 7. The predicted molar refractivity (Wildman–Crippen MR) is 111 cm³/mol. The van der Waals surface area contributed by atoms with Crippen LogP contribution in [0.1, 0.15) is 13.8 Å². The summed E-state index contributed by atoms with van der Waals surface area (Å²) < 4.78 is 10.8. The van der Waals surface area contributed by atoms with Crippen molar-refractivity contribution in [2.45, 2.75) is 13.8 Å². The van der Waals surface area contributed by atoms with Gasteiger partial charge in [-0.2, -0.15) is 4.98 Å². The lowest BCUT2D eigenvalue weighted by Crippen LogP contribution is -2.12. The van der Waals surface area contributed by atoms with Crippen molar-refractivity contribution >= 4 is 34.4 Å². The Morgan fingerprint density at radius 1 is 0.897 bits per heavy atom. The second kappa shape index (κ2) is 9.11. The van der Waals surface area contributed by atoms with Gasteiger partial charge in [0.05, 0.1) is 17.5 Å². The SMILES string of the molecule is COCCOc1nc(NC(C)=O)nc2ccc(-c3ccc(NC(C)=O)cc3)cc12. The summed E-state index contributed by atoms with van der Waals surface area (Å²) in [7, 11) is 1.59. The normalized spacial score (nSPS) is 10.6. The largest absolute Gasteiger partial charge is 0.475 e. The molecule has 150 valence electrons. The highest BCUT2D eigenvalue weighted by molar-refractivity contribution is 5.92. The Kier molecular flexibility index (Phi) is 6.36. The van der Waals surface area contributed by atoms with E-state index in [1.54, 1.807) is 7.11 Å². The van der Waals surface area contributed by atoms with Crippen LogP contribution >= 0.6 is 0 Å². The maximum atomic E-state index is 11.4. The summed E-state index contributed by atoms with van der Waals surface area (Å²) in [5, 5.41) is 6.06. The molecule has 0 saturated carbocycles. The summed E-state index contributed by atoms with van der Waals surface area (Å²) in [6.07, 6.45) is 0. The molecule has 0 aliphatic heterocycles. The lowest BCUT2D eigenvalue weighted by atomic mass is 10.0. The first-order valence-electron chi connectivity index (χ1n) is 9.05. The van der Waals surface area contributed by atoms with Gasteiger partial charge in [-0.1, -0.05) is 18.2 Å². The van der Waals surface area contributed by atoms with Crippen LogP contribution < -0.4 is 15.4 Å². The third-order valence-corrected chi connectivity index (χ3v) is 4.01. The molecule has 2 amide bonds. The molecule has 2 aromatic carbocycles. The molecule has 1 aromatic heterocycles. The monoisotopic (exact) mass is 394 g/mol. The number of methoxy groups -OCH3 is 1. The van der Waals surface area contributed by atoms with E-state index < -0.39 is 0 Å². The first kappa shape index (κ1) is 20.2. The van der Waals surface area contributed by atoms with Gasteiger partial charge in [0, 0.05) is 26.6 Å². The smallest absolute Gasteiger partial charge is 0.233 e. The quantitative estimate of drug-likeness (QED) is 0.597. The Bertz CT molecular complexity index is 1030. The zero-order chi connectivity index (χ0) is 20.8. The Labute approximate surface area is 168 Å². The highest BCUT2D eigenvalue weighted by atomic mass is 16.5. The van der Waals surface area contributed by atoms with Gasteiger partial charge in [0.1, 0.15) is 6.61 Å². The maximum absolute atomic E-state index is 11.4. The number of nitrogens with one attached hydrogen (secondary N) is 2. The predicted octanol–water partition coefficient (Wildman–Crippen LogP) is 3.24. The number of hydrogen-bond donors (Lipinski definition) is 2. The van der Waals surface area contributed by atoms with E-state index in [0.717, 1.165) is 22.2 Å². The van der Waals surface area contributed by atoms with Gasteiger partial charge >= 0.3 is 0 Å². The molecule has 0 radical (unpaired) electrons. The van der Waals surface area contributed by atoms with Gasteiger partial charge in [0.15, 0.2) is 0 Å². The van der Waals surface area contributed by atoms with Crippen molar-refractivity contribution in [2.24, 2.45) is 0 Å². The summed E-state index contributed by atoms with van der Waals surface area (Å²) in [5.41, 5.74) is 3.29. The number of anilines is 2. The number of carbonyl (C=O) groups is 2. The van der Waals surface area contributed by atoms with Crippen molar-refractivity contribution in [2.75, 3.05) is 31.0 Å². The van der Waals surface area contributed by atoms with Crippen LogP contribution in [-0.2, 0) is 14.3 Å². The van der Waals surface area contributed by atoms with E-state index in [9.17, 15) is 9.59 Å². The first-order valence-corrected chi connectivity index (χ1v) is 9.05. The van der Waals surface area contributed by atoms with Gasteiger partial charge in [-0.25, -0.2) is 4.98 Å². The number of nitrogens with zero attached hydrogens (tertiary/aromatic N) is 2. The van der Waals surface area contributed by atoms with Gasteiger partial charge < -0.3 is 14.8 Å². The van der Waals surface area contributed by atoms with Crippen molar-refractivity contribution in [1.82, 2.24) is 9.97 Å². The lowest BCUT2D eigenvalue weighted by molar-refractivity contribution is -0.115. The second-order valence-corrected chi connectivity index (χ2v) is 6.37. The third-order valence-electron chi connectivity index (χ3n) is 4.01. The van der Waals surface area contributed by atoms with Crippen molar-refractivity contribution in [1.29, 1.82) is 0 Å². The Balaban J connectivity index is 1.99. The number of carbonyl (C=O) groups excluding carboxylic acids is 2. The average molecular weight is 394 g/mol. The molecule has 2 N–H and O–H groups in total. The molecule has 29 heavy (non-hydrogen) atoms. The van der Waals surface area contributed by atoms with Crippen LogP contribution in [0.3, 0.4) is 0 Å². The summed E-state index contributed by atoms with van der Waals surface area (Å²) >= 11 is 0. The molecular weight excluding hydrogens is 372 g/mol. The Hall–Kier alpha value is -3.52. The molecule has 0 unspecified atom stereocenters. The van der Waals surface area contributed by atoms with Crippen molar-refractivity contribution in [3.63, 3.8) is 0 Å². The summed E-state index contributed by atoms with van der Waals surface area (Å²) in [5.74, 6) is 0.175. The lowest BCUT2D eigenvalue weighted by Gasteiger charge is -2.12. The van der Waals surface area contributed by atoms with Crippen molar-refractivity contribution < 1.29 is 19.1 Å². The van der Waals surface area contributed by atoms with Gasteiger partial charge in [0.25, 0.3) is 0 Å². The second-order valence-electron chi connectivity index (χ2n) is 6.37. The fraction of sp³-hybridized carbons (Fsp3) is 0.238. The number of amides is 2. The van der Waals surface area contributed by atoms with Crippen LogP contribution in [0.5, 0.6) is 5.88 Å². The molecular formula is C21H22N4O4. The molecule has 0 bridgehead atoms. The minimum Gasteiger partial charge on any atom is -0.475 e. The van der Waals surface area contributed by atoms with Crippen LogP contribution in [-0.4, -0.2) is 42.1 Å². The minimum absolute atomic E-state index is 0.117. The number of hydrogen-bond acceptors (Lipinski definition) is 6. The van der Waals surface area contributed by atoms with E-state index in [0.29, 0.717) is 24.6 Å².